The van der Waals surface area contributed by atoms with Crippen LogP contribution in [-0.2, 0) is 13.0 Å². The Bertz CT molecular complexity index is 1300. The average Bonchev–Trinajstić information content (AvgIpc) is 2.83. The molecule has 1 aliphatic heterocycles. The summed E-state index contributed by atoms with van der Waals surface area (Å²) in [5.41, 5.74) is 3.99. The van der Waals surface area contributed by atoms with Gasteiger partial charge in [-0.05, 0) is 55.2 Å². The molecule has 0 atom stereocenters. The summed E-state index contributed by atoms with van der Waals surface area (Å²) < 4.78 is 14.9. The van der Waals surface area contributed by atoms with Gasteiger partial charge in [0.05, 0.1) is 22.8 Å². The van der Waals surface area contributed by atoms with Crippen molar-refractivity contribution in [3.05, 3.63) is 69.4 Å². The molecule has 3 N–H and O–H groups in total. The van der Waals surface area contributed by atoms with Crippen molar-refractivity contribution in [2.75, 3.05) is 31.1 Å². The van der Waals surface area contributed by atoms with Gasteiger partial charge in [-0.15, -0.1) is 0 Å². The summed E-state index contributed by atoms with van der Waals surface area (Å²) in [5.74, 6) is -0.720. The second-order valence-electron chi connectivity index (χ2n) is 9.48. The quantitative estimate of drug-likeness (QED) is 0.501. The lowest BCUT2D eigenvalue weighted by molar-refractivity contribution is 0.0562. The normalized spacial score (nSPS) is 20.6. The molecule has 3 heterocycles. The lowest BCUT2D eigenvalue weighted by Gasteiger charge is -2.36. The van der Waals surface area contributed by atoms with E-state index in [1.165, 1.54) is 6.07 Å². The minimum absolute atomic E-state index is 0.0415. The van der Waals surface area contributed by atoms with Gasteiger partial charge in [0, 0.05) is 56.1 Å². The fourth-order valence-corrected chi connectivity index (χ4v) is 4.80. The maximum Gasteiger partial charge on any atom is 0.251 e. The predicted molar refractivity (Wildman–Crippen MR) is 132 cm³/mol. The molecule has 2 aliphatic rings. The SMILES string of the molecule is CCc1cc2ncc(CN3CCN(c4ccc(C(=O)NC5CC(O)C5)cc4F)CC3)cc2[nH]c1=O. The molecular weight excluding hydrogens is 449 g/mol. The van der Waals surface area contributed by atoms with Crippen molar-refractivity contribution in [3.8, 4) is 0 Å². The van der Waals surface area contributed by atoms with Crippen molar-refractivity contribution in [2.45, 2.75) is 44.9 Å². The van der Waals surface area contributed by atoms with Crippen LogP contribution in [-0.4, -0.2) is 64.2 Å². The maximum atomic E-state index is 14.9. The van der Waals surface area contributed by atoms with Gasteiger partial charge in [0.25, 0.3) is 11.5 Å². The first kappa shape index (κ1) is 23.4. The molecule has 184 valence electrons. The number of anilines is 1. The molecular formula is C26H30FN5O3. The number of pyridine rings is 2. The smallest absolute Gasteiger partial charge is 0.251 e. The van der Waals surface area contributed by atoms with Crippen LogP contribution in [0.2, 0.25) is 0 Å². The van der Waals surface area contributed by atoms with E-state index in [2.05, 4.69) is 20.2 Å². The summed E-state index contributed by atoms with van der Waals surface area (Å²) in [5, 5.41) is 12.2. The molecule has 1 aromatic carbocycles. The summed E-state index contributed by atoms with van der Waals surface area (Å²) in [7, 11) is 0. The number of carbonyl (C=O) groups excluding carboxylic acids is 1. The predicted octanol–water partition coefficient (Wildman–Crippen LogP) is 2.20. The summed E-state index contributed by atoms with van der Waals surface area (Å²) in [6, 6.07) is 8.39. The number of benzene rings is 1. The second-order valence-corrected chi connectivity index (χ2v) is 9.48. The number of aliphatic hydroxyl groups excluding tert-OH is 1. The van der Waals surface area contributed by atoms with Crippen LogP contribution >= 0.6 is 0 Å². The van der Waals surface area contributed by atoms with Crippen LogP contribution in [0.25, 0.3) is 11.0 Å². The zero-order chi connectivity index (χ0) is 24.5. The number of hydrogen-bond donors (Lipinski definition) is 3. The molecule has 0 spiro atoms. The highest BCUT2D eigenvalue weighted by Gasteiger charge is 2.29. The van der Waals surface area contributed by atoms with E-state index in [-0.39, 0.29) is 23.6 Å². The molecule has 1 saturated heterocycles. The summed E-state index contributed by atoms with van der Waals surface area (Å²) in [6.07, 6.45) is 3.25. The molecule has 3 aromatic rings. The van der Waals surface area contributed by atoms with E-state index in [4.69, 9.17) is 0 Å². The summed E-state index contributed by atoms with van der Waals surface area (Å²) in [6.45, 7) is 5.50. The van der Waals surface area contributed by atoms with Crippen molar-refractivity contribution in [1.29, 1.82) is 0 Å². The molecule has 1 aliphatic carbocycles. The average molecular weight is 480 g/mol. The largest absolute Gasteiger partial charge is 0.393 e. The topological polar surface area (TPSA) is 102 Å². The molecule has 0 radical (unpaired) electrons. The number of amides is 1. The monoisotopic (exact) mass is 479 g/mol. The molecule has 1 amide bonds. The van der Waals surface area contributed by atoms with Crippen molar-refractivity contribution >= 4 is 22.6 Å². The molecule has 35 heavy (non-hydrogen) atoms. The lowest BCUT2D eigenvalue weighted by atomic mass is 9.89. The van der Waals surface area contributed by atoms with Gasteiger partial charge in [0.1, 0.15) is 5.82 Å². The van der Waals surface area contributed by atoms with E-state index in [1.807, 2.05) is 30.2 Å². The molecule has 1 saturated carbocycles. The third-order valence-electron chi connectivity index (χ3n) is 6.98. The number of hydrogen-bond acceptors (Lipinski definition) is 6. The Morgan fingerprint density at radius 3 is 2.66 bits per heavy atom. The number of aryl methyl sites for hydroxylation is 1. The number of aromatic nitrogens is 2. The zero-order valence-corrected chi connectivity index (χ0v) is 19.8. The number of halogens is 1. The van der Waals surface area contributed by atoms with Gasteiger partial charge in [-0.25, -0.2) is 4.39 Å². The number of nitrogens with zero attached hydrogens (tertiary/aromatic N) is 3. The number of fused-ring (bicyclic) bond motifs is 1. The minimum atomic E-state index is -0.408. The standard InChI is InChI=1S/C26H30FN5O3/c1-2-17-11-22-23(30-25(17)34)9-16(14-28-22)15-31-5-7-32(8-6-31)24-4-3-18(10-21(24)27)26(35)29-19-12-20(33)13-19/h3-4,9-11,14,19-20,33H,2,5-8,12-13,15H2,1H3,(H,29,35)(H,30,34). The third-order valence-corrected chi connectivity index (χ3v) is 6.98. The number of aromatic amines is 1. The van der Waals surface area contributed by atoms with Crippen LogP contribution in [0.3, 0.4) is 0 Å². The van der Waals surface area contributed by atoms with E-state index in [1.54, 1.807) is 12.1 Å². The van der Waals surface area contributed by atoms with Gasteiger partial charge >= 0.3 is 0 Å². The first-order chi connectivity index (χ1) is 16.9. The van der Waals surface area contributed by atoms with Crippen molar-refractivity contribution in [1.82, 2.24) is 20.2 Å². The van der Waals surface area contributed by atoms with Gasteiger partial charge in [-0.1, -0.05) is 6.92 Å². The molecule has 9 heteroatoms. The Kier molecular flexibility index (Phi) is 6.53. The van der Waals surface area contributed by atoms with E-state index in [9.17, 15) is 19.1 Å². The molecule has 2 aromatic heterocycles. The number of piperazine rings is 1. The Labute approximate surface area is 202 Å². The molecule has 5 rings (SSSR count). The van der Waals surface area contributed by atoms with E-state index in [0.29, 0.717) is 50.1 Å². The fraction of sp³-hybridized carbons (Fsp3) is 0.423. The Hall–Kier alpha value is -3.30. The highest BCUT2D eigenvalue weighted by Crippen LogP contribution is 2.24. The van der Waals surface area contributed by atoms with Crippen molar-refractivity contribution in [2.24, 2.45) is 0 Å². The third kappa shape index (κ3) is 5.06. The van der Waals surface area contributed by atoms with Gasteiger partial charge in [0.15, 0.2) is 0 Å². The second kappa shape index (κ2) is 9.75. The van der Waals surface area contributed by atoms with Crippen LogP contribution in [0.4, 0.5) is 10.1 Å². The van der Waals surface area contributed by atoms with Crippen molar-refractivity contribution < 1.29 is 14.3 Å². The number of carbonyl (C=O) groups is 1. The molecule has 0 bridgehead atoms. The Morgan fingerprint density at radius 2 is 1.97 bits per heavy atom. The number of aliphatic hydroxyl groups is 1. The first-order valence-corrected chi connectivity index (χ1v) is 12.2. The van der Waals surface area contributed by atoms with E-state index >= 15 is 0 Å². The Balaban J connectivity index is 1.18. The lowest BCUT2D eigenvalue weighted by Crippen LogP contribution is -2.47. The van der Waals surface area contributed by atoms with E-state index in [0.717, 1.165) is 35.2 Å². The van der Waals surface area contributed by atoms with Crippen molar-refractivity contribution in [3.63, 3.8) is 0 Å². The number of nitrogens with one attached hydrogen (secondary N) is 2. The maximum absolute atomic E-state index is 14.9. The van der Waals surface area contributed by atoms with Gasteiger partial charge in [-0.3, -0.25) is 19.5 Å². The summed E-state index contributed by atoms with van der Waals surface area (Å²) >= 11 is 0. The van der Waals surface area contributed by atoms with Crippen LogP contribution in [0.15, 0.2) is 41.3 Å². The van der Waals surface area contributed by atoms with Crippen LogP contribution < -0.4 is 15.8 Å². The zero-order valence-electron chi connectivity index (χ0n) is 19.8. The molecule has 8 nitrogen and oxygen atoms in total. The summed E-state index contributed by atoms with van der Waals surface area (Å²) in [4.78, 5) is 36.2. The van der Waals surface area contributed by atoms with Crippen LogP contribution in [0, 0.1) is 5.82 Å². The van der Waals surface area contributed by atoms with Crippen LogP contribution in [0.5, 0.6) is 0 Å². The Morgan fingerprint density at radius 1 is 1.20 bits per heavy atom. The van der Waals surface area contributed by atoms with Gasteiger partial charge in [0.2, 0.25) is 0 Å². The molecule has 0 unspecified atom stereocenters. The fourth-order valence-electron chi connectivity index (χ4n) is 4.80. The molecule has 2 fully saturated rings. The van der Waals surface area contributed by atoms with Crippen LogP contribution in [0.1, 0.15) is 41.3 Å². The minimum Gasteiger partial charge on any atom is -0.393 e. The van der Waals surface area contributed by atoms with E-state index < -0.39 is 5.82 Å². The highest BCUT2D eigenvalue weighted by atomic mass is 19.1. The first-order valence-electron chi connectivity index (χ1n) is 12.2. The van der Waals surface area contributed by atoms with Gasteiger partial charge < -0.3 is 20.3 Å². The number of H-pyrrole nitrogens is 1. The van der Waals surface area contributed by atoms with Gasteiger partial charge in [-0.2, -0.15) is 0 Å². The number of rotatable bonds is 6. The highest BCUT2D eigenvalue weighted by molar-refractivity contribution is 5.94.